The maximum absolute atomic E-state index is 6.32. The fourth-order valence-electron chi connectivity index (χ4n) is 2.41. The third-order valence-electron chi connectivity index (χ3n) is 3.52. The number of aromatic nitrogens is 1. The number of pyridine rings is 1. The Morgan fingerprint density at radius 3 is 2.52 bits per heavy atom. The lowest BCUT2D eigenvalue weighted by atomic mass is 10.0. The van der Waals surface area contributed by atoms with E-state index < -0.39 is 0 Å². The molecule has 0 spiro atoms. The minimum absolute atomic E-state index is 0.0364. The molecule has 5 heteroatoms. The standard InChI is InChI=1S/C16H19Cl2N3/c1-2-21(11-12-5-7-20-8-6-12)16(10-19)14-9-13(17)3-4-15(14)18/h3-9,16H,2,10-11,19H2,1H3. The highest BCUT2D eigenvalue weighted by Crippen LogP contribution is 2.30. The van der Waals surface area contributed by atoms with Crippen LogP contribution in [0.15, 0.2) is 42.7 Å². The molecule has 112 valence electrons. The molecular formula is C16H19Cl2N3. The molecule has 2 rings (SSSR count). The van der Waals surface area contributed by atoms with E-state index in [1.165, 1.54) is 5.56 Å². The molecule has 0 saturated heterocycles. The van der Waals surface area contributed by atoms with Gasteiger partial charge < -0.3 is 5.73 Å². The van der Waals surface area contributed by atoms with E-state index in [1.54, 1.807) is 18.5 Å². The first-order valence-corrected chi connectivity index (χ1v) is 7.69. The van der Waals surface area contributed by atoms with Gasteiger partial charge >= 0.3 is 0 Å². The summed E-state index contributed by atoms with van der Waals surface area (Å²) in [5.74, 6) is 0. The number of halogens is 2. The first-order chi connectivity index (χ1) is 10.2. The van der Waals surface area contributed by atoms with Crippen LogP contribution in [-0.4, -0.2) is 23.0 Å². The predicted molar refractivity (Wildman–Crippen MR) is 88.6 cm³/mol. The Balaban J connectivity index is 2.27. The van der Waals surface area contributed by atoms with Crippen LogP contribution in [0.5, 0.6) is 0 Å². The van der Waals surface area contributed by atoms with Gasteiger partial charge in [-0.05, 0) is 48.0 Å². The van der Waals surface area contributed by atoms with Crippen molar-refractivity contribution >= 4 is 23.2 Å². The molecular weight excluding hydrogens is 305 g/mol. The Hall–Kier alpha value is -1.13. The fraction of sp³-hybridized carbons (Fsp3) is 0.312. The minimum Gasteiger partial charge on any atom is -0.329 e. The molecule has 1 unspecified atom stereocenters. The summed E-state index contributed by atoms with van der Waals surface area (Å²) in [6, 6.07) is 9.57. The highest BCUT2D eigenvalue weighted by Gasteiger charge is 2.20. The van der Waals surface area contributed by atoms with Gasteiger partial charge in [0.05, 0.1) is 0 Å². The van der Waals surface area contributed by atoms with Crippen molar-refractivity contribution in [3.8, 4) is 0 Å². The Bertz CT molecular complexity index is 575. The van der Waals surface area contributed by atoms with Crippen LogP contribution >= 0.6 is 23.2 Å². The summed E-state index contributed by atoms with van der Waals surface area (Å²) in [6.07, 6.45) is 3.60. The van der Waals surface area contributed by atoms with Crippen molar-refractivity contribution in [3.05, 3.63) is 63.9 Å². The van der Waals surface area contributed by atoms with Crippen LogP contribution in [-0.2, 0) is 6.54 Å². The number of hydrogen-bond acceptors (Lipinski definition) is 3. The maximum atomic E-state index is 6.32. The molecule has 0 aliphatic heterocycles. The number of nitrogens with zero attached hydrogens (tertiary/aromatic N) is 2. The second kappa shape index (κ2) is 7.76. The zero-order valence-corrected chi connectivity index (χ0v) is 13.5. The van der Waals surface area contributed by atoms with Crippen molar-refractivity contribution in [2.75, 3.05) is 13.1 Å². The van der Waals surface area contributed by atoms with Crippen LogP contribution in [0.3, 0.4) is 0 Å². The lowest BCUT2D eigenvalue weighted by molar-refractivity contribution is 0.203. The van der Waals surface area contributed by atoms with E-state index in [1.807, 2.05) is 24.3 Å². The molecule has 2 aromatic rings. The molecule has 1 aromatic carbocycles. The third kappa shape index (κ3) is 4.17. The van der Waals surface area contributed by atoms with Crippen molar-refractivity contribution in [1.29, 1.82) is 0 Å². The largest absolute Gasteiger partial charge is 0.329 e. The van der Waals surface area contributed by atoms with Crippen LogP contribution in [0.25, 0.3) is 0 Å². The second-order valence-electron chi connectivity index (χ2n) is 4.84. The predicted octanol–water partition coefficient (Wildman–Crippen LogP) is 3.91. The van der Waals surface area contributed by atoms with Crippen LogP contribution in [0.4, 0.5) is 0 Å². The minimum atomic E-state index is 0.0364. The zero-order valence-electron chi connectivity index (χ0n) is 12.0. The first kappa shape index (κ1) is 16.2. The number of hydrogen-bond donors (Lipinski definition) is 1. The number of likely N-dealkylation sites (N-methyl/N-ethyl adjacent to an activating group) is 1. The van der Waals surface area contributed by atoms with Gasteiger partial charge in [0, 0.05) is 41.6 Å². The quantitative estimate of drug-likeness (QED) is 0.876. The molecule has 1 heterocycles. The van der Waals surface area contributed by atoms with Gasteiger partial charge in [-0.25, -0.2) is 0 Å². The SMILES string of the molecule is CCN(Cc1ccncc1)C(CN)c1cc(Cl)ccc1Cl. The van der Waals surface area contributed by atoms with E-state index in [-0.39, 0.29) is 6.04 Å². The van der Waals surface area contributed by atoms with Crippen molar-refractivity contribution in [1.82, 2.24) is 9.88 Å². The molecule has 0 aliphatic rings. The third-order valence-corrected chi connectivity index (χ3v) is 4.10. The summed E-state index contributed by atoms with van der Waals surface area (Å²) in [5.41, 5.74) is 8.17. The maximum Gasteiger partial charge on any atom is 0.0489 e. The number of benzene rings is 1. The highest BCUT2D eigenvalue weighted by molar-refractivity contribution is 6.33. The lowest BCUT2D eigenvalue weighted by Crippen LogP contribution is -2.33. The molecule has 0 amide bonds. The lowest BCUT2D eigenvalue weighted by Gasteiger charge is -2.31. The van der Waals surface area contributed by atoms with Crippen molar-refractivity contribution in [2.45, 2.75) is 19.5 Å². The summed E-state index contributed by atoms with van der Waals surface area (Å²) >= 11 is 12.4. The molecule has 2 N–H and O–H groups in total. The van der Waals surface area contributed by atoms with E-state index in [4.69, 9.17) is 28.9 Å². The topological polar surface area (TPSA) is 42.2 Å². The number of rotatable bonds is 6. The summed E-state index contributed by atoms with van der Waals surface area (Å²) in [4.78, 5) is 6.33. The van der Waals surface area contributed by atoms with Gasteiger partial charge in [-0.15, -0.1) is 0 Å². The van der Waals surface area contributed by atoms with Gasteiger partial charge in [-0.2, -0.15) is 0 Å². The molecule has 0 bridgehead atoms. The van der Waals surface area contributed by atoms with E-state index in [0.717, 1.165) is 18.7 Å². The zero-order chi connectivity index (χ0) is 15.2. The molecule has 0 saturated carbocycles. The summed E-state index contributed by atoms with van der Waals surface area (Å²) in [5, 5.41) is 1.37. The average molecular weight is 324 g/mol. The van der Waals surface area contributed by atoms with Crippen LogP contribution < -0.4 is 5.73 Å². The van der Waals surface area contributed by atoms with Crippen molar-refractivity contribution in [2.24, 2.45) is 5.73 Å². The van der Waals surface area contributed by atoms with Gasteiger partial charge in [-0.1, -0.05) is 30.1 Å². The summed E-state index contributed by atoms with van der Waals surface area (Å²) in [7, 11) is 0. The second-order valence-corrected chi connectivity index (χ2v) is 5.68. The van der Waals surface area contributed by atoms with Gasteiger partial charge in [-0.3, -0.25) is 9.88 Å². The monoisotopic (exact) mass is 323 g/mol. The smallest absolute Gasteiger partial charge is 0.0489 e. The molecule has 0 aliphatic carbocycles. The van der Waals surface area contributed by atoms with Crippen LogP contribution in [0, 0.1) is 0 Å². The van der Waals surface area contributed by atoms with Gasteiger partial charge in [0.25, 0.3) is 0 Å². The van der Waals surface area contributed by atoms with Crippen molar-refractivity contribution in [3.63, 3.8) is 0 Å². The van der Waals surface area contributed by atoms with Crippen molar-refractivity contribution < 1.29 is 0 Å². The molecule has 1 aromatic heterocycles. The molecule has 3 nitrogen and oxygen atoms in total. The Labute approximate surface area is 135 Å². The van der Waals surface area contributed by atoms with E-state index in [2.05, 4.69) is 16.8 Å². The Morgan fingerprint density at radius 1 is 1.19 bits per heavy atom. The fourth-order valence-corrected chi connectivity index (χ4v) is 2.83. The molecule has 1 atom stereocenters. The molecule has 0 fully saturated rings. The Kier molecular flexibility index (Phi) is 6.00. The van der Waals surface area contributed by atoms with Gasteiger partial charge in [0.2, 0.25) is 0 Å². The van der Waals surface area contributed by atoms with Crippen LogP contribution in [0.1, 0.15) is 24.1 Å². The van der Waals surface area contributed by atoms with Crippen LogP contribution in [0.2, 0.25) is 10.0 Å². The summed E-state index contributed by atoms with van der Waals surface area (Å²) < 4.78 is 0. The van der Waals surface area contributed by atoms with E-state index >= 15 is 0 Å². The van der Waals surface area contributed by atoms with Gasteiger partial charge in [0.15, 0.2) is 0 Å². The highest BCUT2D eigenvalue weighted by atomic mass is 35.5. The van der Waals surface area contributed by atoms with Gasteiger partial charge in [0.1, 0.15) is 0 Å². The van der Waals surface area contributed by atoms with E-state index in [9.17, 15) is 0 Å². The first-order valence-electron chi connectivity index (χ1n) is 6.93. The summed E-state index contributed by atoms with van der Waals surface area (Å²) in [6.45, 7) is 4.26. The molecule has 0 radical (unpaired) electrons. The normalized spacial score (nSPS) is 12.6. The Morgan fingerprint density at radius 2 is 1.90 bits per heavy atom. The van der Waals surface area contributed by atoms with E-state index in [0.29, 0.717) is 16.6 Å². The number of nitrogens with two attached hydrogens (primary N) is 1. The molecule has 21 heavy (non-hydrogen) atoms. The average Bonchev–Trinajstić information content (AvgIpc) is 2.51.